The minimum absolute atomic E-state index is 0.0378. The van der Waals surface area contributed by atoms with Crippen LogP contribution in [0, 0.1) is 6.92 Å². The smallest absolute Gasteiger partial charge is 0.253 e. The summed E-state index contributed by atoms with van der Waals surface area (Å²) in [5.74, 6) is 0.0378. The molecule has 0 fully saturated rings. The van der Waals surface area contributed by atoms with Gasteiger partial charge in [-0.2, -0.15) is 0 Å². The maximum atomic E-state index is 12.4. The lowest BCUT2D eigenvalue weighted by molar-refractivity contribution is 0.0785. The lowest BCUT2D eigenvalue weighted by Crippen LogP contribution is -2.26. The van der Waals surface area contributed by atoms with Crippen molar-refractivity contribution in [1.29, 1.82) is 0 Å². The third kappa shape index (κ3) is 4.17. The van der Waals surface area contributed by atoms with Crippen LogP contribution in [0.5, 0.6) is 0 Å². The van der Waals surface area contributed by atoms with Gasteiger partial charge < -0.3 is 10.6 Å². The summed E-state index contributed by atoms with van der Waals surface area (Å²) < 4.78 is 0. The van der Waals surface area contributed by atoms with Gasteiger partial charge in [-0.1, -0.05) is 42.0 Å². The van der Waals surface area contributed by atoms with E-state index in [2.05, 4.69) is 19.1 Å². The van der Waals surface area contributed by atoms with Crippen molar-refractivity contribution in [1.82, 2.24) is 4.90 Å². The molecule has 0 saturated carbocycles. The van der Waals surface area contributed by atoms with Crippen LogP contribution in [-0.4, -0.2) is 24.4 Å². The number of benzene rings is 2. The fourth-order valence-electron chi connectivity index (χ4n) is 2.36. The standard InChI is InChI=1S/C18H22N2O/c1-14-4-3-5-16(12-14)13-20(2)18(21)17-8-6-15(7-9-17)10-11-19/h3-9,12H,10-11,13,19H2,1-2H3. The van der Waals surface area contributed by atoms with E-state index in [1.807, 2.05) is 43.4 Å². The van der Waals surface area contributed by atoms with Crippen molar-refractivity contribution in [3.8, 4) is 0 Å². The number of nitrogens with two attached hydrogens (primary N) is 1. The highest BCUT2D eigenvalue weighted by molar-refractivity contribution is 5.94. The van der Waals surface area contributed by atoms with Gasteiger partial charge in [-0.15, -0.1) is 0 Å². The molecule has 0 aliphatic rings. The van der Waals surface area contributed by atoms with Crippen molar-refractivity contribution >= 4 is 5.91 Å². The third-order valence-electron chi connectivity index (χ3n) is 3.48. The summed E-state index contributed by atoms with van der Waals surface area (Å²) in [6, 6.07) is 15.9. The van der Waals surface area contributed by atoms with Crippen LogP contribution in [0.2, 0.25) is 0 Å². The van der Waals surface area contributed by atoms with Crippen LogP contribution >= 0.6 is 0 Å². The van der Waals surface area contributed by atoms with Gasteiger partial charge in [0.25, 0.3) is 5.91 Å². The Morgan fingerprint density at radius 1 is 1.10 bits per heavy atom. The quantitative estimate of drug-likeness (QED) is 0.916. The van der Waals surface area contributed by atoms with E-state index >= 15 is 0 Å². The molecule has 0 saturated heterocycles. The monoisotopic (exact) mass is 282 g/mol. The van der Waals surface area contributed by atoms with Crippen LogP contribution in [0.25, 0.3) is 0 Å². The van der Waals surface area contributed by atoms with Crippen LogP contribution in [0.1, 0.15) is 27.0 Å². The number of rotatable bonds is 5. The zero-order valence-electron chi connectivity index (χ0n) is 12.7. The van der Waals surface area contributed by atoms with Crippen molar-refractivity contribution in [3.05, 3.63) is 70.8 Å². The van der Waals surface area contributed by atoms with E-state index in [0.717, 1.165) is 17.5 Å². The average molecular weight is 282 g/mol. The molecule has 2 aromatic carbocycles. The first-order chi connectivity index (χ1) is 10.1. The Bertz CT molecular complexity index is 605. The molecule has 0 atom stereocenters. The van der Waals surface area contributed by atoms with E-state index in [0.29, 0.717) is 18.7 Å². The number of aryl methyl sites for hydroxylation is 1. The SMILES string of the molecule is Cc1cccc(CN(C)C(=O)c2ccc(CCN)cc2)c1. The Kier molecular flexibility index (Phi) is 5.12. The maximum Gasteiger partial charge on any atom is 0.253 e. The second-order valence-electron chi connectivity index (χ2n) is 5.39. The molecular formula is C18H22N2O. The van der Waals surface area contributed by atoms with Gasteiger partial charge in [-0.3, -0.25) is 4.79 Å². The molecule has 2 aromatic rings. The van der Waals surface area contributed by atoms with Gasteiger partial charge in [0.1, 0.15) is 0 Å². The first-order valence-corrected chi connectivity index (χ1v) is 7.20. The Hall–Kier alpha value is -2.13. The molecule has 0 radical (unpaired) electrons. The Morgan fingerprint density at radius 3 is 2.43 bits per heavy atom. The molecule has 3 heteroatoms. The molecule has 2 rings (SSSR count). The van der Waals surface area contributed by atoms with Crippen LogP contribution < -0.4 is 5.73 Å². The van der Waals surface area contributed by atoms with Gasteiger partial charge in [-0.25, -0.2) is 0 Å². The van der Waals surface area contributed by atoms with Crippen molar-refractivity contribution in [2.24, 2.45) is 5.73 Å². The molecule has 0 spiro atoms. The topological polar surface area (TPSA) is 46.3 Å². The summed E-state index contributed by atoms with van der Waals surface area (Å²) in [6.07, 6.45) is 0.841. The number of hydrogen-bond donors (Lipinski definition) is 1. The number of amides is 1. The molecule has 0 unspecified atom stereocenters. The van der Waals surface area contributed by atoms with Gasteiger partial charge in [-0.05, 0) is 43.1 Å². The van der Waals surface area contributed by atoms with Gasteiger partial charge >= 0.3 is 0 Å². The molecule has 0 bridgehead atoms. The fraction of sp³-hybridized carbons (Fsp3) is 0.278. The van der Waals surface area contributed by atoms with Gasteiger partial charge in [0, 0.05) is 19.2 Å². The maximum absolute atomic E-state index is 12.4. The zero-order valence-corrected chi connectivity index (χ0v) is 12.7. The zero-order chi connectivity index (χ0) is 15.2. The normalized spacial score (nSPS) is 10.4. The second kappa shape index (κ2) is 7.04. The fourth-order valence-corrected chi connectivity index (χ4v) is 2.36. The molecular weight excluding hydrogens is 260 g/mol. The summed E-state index contributed by atoms with van der Waals surface area (Å²) in [4.78, 5) is 14.1. The predicted molar refractivity (Wildman–Crippen MR) is 86.2 cm³/mol. The first kappa shape index (κ1) is 15.3. The van der Waals surface area contributed by atoms with Gasteiger partial charge in [0.05, 0.1) is 0 Å². The number of nitrogens with zero attached hydrogens (tertiary/aromatic N) is 1. The van der Waals surface area contributed by atoms with Crippen LogP contribution in [0.4, 0.5) is 0 Å². The predicted octanol–water partition coefficient (Wildman–Crippen LogP) is 2.77. The molecule has 0 aliphatic heterocycles. The van der Waals surface area contributed by atoms with E-state index in [1.54, 1.807) is 4.90 Å². The van der Waals surface area contributed by atoms with Crippen LogP contribution in [-0.2, 0) is 13.0 Å². The molecule has 110 valence electrons. The second-order valence-corrected chi connectivity index (χ2v) is 5.39. The largest absolute Gasteiger partial charge is 0.337 e. The summed E-state index contributed by atoms with van der Waals surface area (Å²) in [5.41, 5.74) is 9.76. The highest BCUT2D eigenvalue weighted by atomic mass is 16.2. The number of carbonyl (C=O) groups excluding carboxylic acids is 1. The van der Waals surface area contributed by atoms with Gasteiger partial charge in [0.15, 0.2) is 0 Å². The van der Waals surface area contributed by atoms with Crippen molar-refractivity contribution in [3.63, 3.8) is 0 Å². The summed E-state index contributed by atoms with van der Waals surface area (Å²) in [6.45, 7) is 3.30. The minimum Gasteiger partial charge on any atom is -0.337 e. The van der Waals surface area contributed by atoms with Crippen molar-refractivity contribution in [2.45, 2.75) is 19.9 Å². The van der Waals surface area contributed by atoms with Crippen LogP contribution in [0.15, 0.2) is 48.5 Å². The number of carbonyl (C=O) groups is 1. The number of hydrogen-bond acceptors (Lipinski definition) is 2. The average Bonchev–Trinajstić information content (AvgIpc) is 2.47. The van der Waals surface area contributed by atoms with E-state index in [4.69, 9.17) is 5.73 Å². The lowest BCUT2D eigenvalue weighted by atomic mass is 10.1. The van der Waals surface area contributed by atoms with E-state index < -0.39 is 0 Å². The summed E-state index contributed by atoms with van der Waals surface area (Å²) in [5, 5.41) is 0. The van der Waals surface area contributed by atoms with E-state index in [-0.39, 0.29) is 5.91 Å². The summed E-state index contributed by atoms with van der Waals surface area (Å²) in [7, 11) is 1.83. The van der Waals surface area contributed by atoms with E-state index in [1.165, 1.54) is 5.56 Å². The molecule has 0 heterocycles. The van der Waals surface area contributed by atoms with Crippen molar-refractivity contribution < 1.29 is 4.79 Å². The molecule has 21 heavy (non-hydrogen) atoms. The molecule has 3 nitrogen and oxygen atoms in total. The summed E-state index contributed by atoms with van der Waals surface area (Å²) >= 11 is 0. The highest BCUT2D eigenvalue weighted by Gasteiger charge is 2.11. The Balaban J connectivity index is 2.04. The Morgan fingerprint density at radius 2 is 1.81 bits per heavy atom. The minimum atomic E-state index is 0.0378. The third-order valence-corrected chi connectivity index (χ3v) is 3.48. The molecule has 0 aliphatic carbocycles. The molecule has 2 N–H and O–H groups in total. The Labute approximate surface area is 126 Å². The lowest BCUT2D eigenvalue weighted by Gasteiger charge is -2.18. The van der Waals surface area contributed by atoms with E-state index in [9.17, 15) is 4.79 Å². The first-order valence-electron chi connectivity index (χ1n) is 7.20. The molecule has 1 amide bonds. The van der Waals surface area contributed by atoms with Crippen molar-refractivity contribution in [2.75, 3.05) is 13.6 Å². The van der Waals surface area contributed by atoms with Crippen LogP contribution in [0.3, 0.4) is 0 Å². The molecule has 0 aromatic heterocycles. The highest BCUT2D eigenvalue weighted by Crippen LogP contribution is 2.11. The van der Waals surface area contributed by atoms with Gasteiger partial charge in [0.2, 0.25) is 0 Å².